The predicted molar refractivity (Wildman–Crippen MR) is 102 cm³/mol. The zero-order valence-corrected chi connectivity index (χ0v) is 15.4. The maximum Gasteiger partial charge on any atom is 0.225 e. The molecule has 0 spiro atoms. The number of nitrogens with zero attached hydrogens (tertiary/aromatic N) is 4. The molecule has 1 aromatic carbocycles. The van der Waals surface area contributed by atoms with Crippen molar-refractivity contribution in [2.24, 2.45) is 13.0 Å². The lowest BCUT2D eigenvalue weighted by Crippen LogP contribution is -2.34. The van der Waals surface area contributed by atoms with E-state index in [4.69, 9.17) is 0 Å². The zero-order valence-electron chi connectivity index (χ0n) is 15.4. The number of aryl methyl sites for hydroxylation is 1. The summed E-state index contributed by atoms with van der Waals surface area (Å²) in [6.45, 7) is 2.76. The minimum atomic E-state index is -0.0681. The molecule has 27 heavy (non-hydrogen) atoms. The zero-order chi connectivity index (χ0) is 18.6. The van der Waals surface area contributed by atoms with Gasteiger partial charge in [0.2, 0.25) is 5.91 Å². The third kappa shape index (κ3) is 4.09. The molecule has 1 saturated heterocycles. The number of benzene rings is 1. The Morgan fingerprint density at radius 3 is 2.93 bits per heavy atom. The monoisotopic (exact) mass is 364 g/mol. The van der Waals surface area contributed by atoms with Crippen molar-refractivity contribution >= 4 is 5.91 Å². The Balaban J connectivity index is 1.37. The van der Waals surface area contributed by atoms with E-state index in [2.05, 4.69) is 33.0 Å². The van der Waals surface area contributed by atoms with Crippen LogP contribution in [0.3, 0.4) is 0 Å². The van der Waals surface area contributed by atoms with Crippen LogP contribution in [-0.2, 0) is 24.9 Å². The number of rotatable bonds is 6. The van der Waals surface area contributed by atoms with Gasteiger partial charge in [-0.2, -0.15) is 10.2 Å². The molecule has 140 valence electrons. The van der Waals surface area contributed by atoms with Crippen molar-refractivity contribution in [1.82, 2.24) is 30.2 Å². The Kier molecular flexibility index (Phi) is 5.02. The molecule has 0 aliphatic carbocycles. The van der Waals surface area contributed by atoms with E-state index in [0.717, 1.165) is 24.2 Å². The molecular weight excluding hydrogens is 340 g/mol. The Labute approximate surface area is 158 Å². The second kappa shape index (κ2) is 7.75. The molecule has 2 aromatic heterocycles. The summed E-state index contributed by atoms with van der Waals surface area (Å²) < 4.78 is 3.67. The van der Waals surface area contributed by atoms with Crippen molar-refractivity contribution < 1.29 is 4.79 Å². The van der Waals surface area contributed by atoms with E-state index < -0.39 is 0 Å². The van der Waals surface area contributed by atoms with Crippen molar-refractivity contribution in [1.29, 1.82) is 0 Å². The topological polar surface area (TPSA) is 76.8 Å². The summed E-state index contributed by atoms with van der Waals surface area (Å²) in [7, 11) is 1.90. The molecule has 0 bridgehead atoms. The average molecular weight is 364 g/mol. The van der Waals surface area contributed by atoms with Gasteiger partial charge in [-0.15, -0.1) is 0 Å². The number of hydrogen-bond acceptors (Lipinski definition) is 4. The van der Waals surface area contributed by atoms with E-state index in [0.29, 0.717) is 13.1 Å². The average Bonchev–Trinajstić information content (AvgIpc) is 3.41. The van der Waals surface area contributed by atoms with Crippen LogP contribution in [-0.4, -0.2) is 38.6 Å². The SMILES string of the molecule is Cn1cc([C@H]2CNC[C@@H]2C(=O)NCc2cccc(Cn3cccn3)c2)cn1. The standard InChI is InChI=1S/C20H24N6O/c1-25-14-17(10-24-25)18-11-21-12-19(18)20(27)22-9-15-4-2-5-16(8-15)13-26-7-3-6-23-26/h2-8,10,14,18-19,21H,9,11-13H2,1H3,(H,22,27)/t18-,19+/m1/s1. The smallest absolute Gasteiger partial charge is 0.225 e. The van der Waals surface area contributed by atoms with Crippen molar-refractivity contribution in [2.75, 3.05) is 13.1 Å². The minimum Gasteiger partial charge on any atom is -0.352 e. The van der Waals surface area contributed by atoms with Crippen LogP contribution >= 0.6 is 0 Å². The molecule has 1 amide bonds. The second-order valence-corrected chi connectivity index (χ2v) is 7.06. The molecule has 0 unspecified atom stereocenters. The van der Waals surface area contributed by atoms with Crippen LogP contribution in [0.4, 0.5) is 0 Å². The molecule has 7 heteroatoms. The molecule has 4 rings (SSSR count). The highest BCUT2D eigenvalue weighted by atomic mass is 16.1. The quantitative estimate of drug-likeness (QED) is 0.691. The Bertz CT molecular complexity index is 901. The minimum absolute atomic E-state index is 0.0681. The number of nitrogens with one attached hydrogen (secondary N) is 2. The van der Waals surface area contributed by atoms with Gasteiger partial charge in [0.25, 0.3) is 0 Å². The van der Waals surface area contributed by atoms with Crippen LogP contribution in [0, 0.1) is 5.92 Å². The maximum absolute atomic E-state index is 12.8. The van der Waals surface area contributed by atoms with Crippen molar-refractivity contribution in [3.63, 3.8) is 0 Å². The van der Waals surface area contributed by atoms with Crippen molar-refractivity contribution in [2.45, 2.75) is 19.0 Å². The Hall–Kier alpha value is -2.93. The molecule has 2 atom stereocenters. The molecule has 1 aliphatic rings. The number of hydrogen-bond donors (Lipinski definition) is 2. The van der Waals surface area contributed by atoms with E-state index >= 15 is 0 Å². The van der Waals surface area contributed by atoms with Crippen LogP contribution in [0.15, 0.2) is 55.1 Å². The predicted octanol–water partition coefficient (Wildman–Crippen LogP) is 1.28. The number of carbonyl (C=O) groups excluding carboxylic acids is 1. The summed E-state index contributed by atoms with van der Waals surface area (Å²) in [5.41, 5.74) is 3.38. The molecule has 1 aliphatic heterocycles. The second-order valence-electron chi connectivity index (χ2n) is 7.06. The van der Waals surface area contributed by atoms with E-state index in [9.17, 15) is 4.79 Å². The molecule has 3 heterocycles. The van der Waals surface area contributed by atoms with Gasteiger partial charge in [-0.05, 0) is 22.8 Å². The van der Waals surface area contributed by atoms with E-state index in [1.165, 1.54) is 5.56 Å². The van der Waals surface area contributed by atoms with Gasteiger partial charge in [0, 0.05) is 51.2 Å². The highest BCUT2D eigenvalue weighted by molar-refractivity contribution is 5.80. The van der Waals surface area contributed by atoms with Gasteiger partial charge in [-0.1, -0.05) is 24.3 Å². The first kappa shape index (κ1) is 17.5. The first-order valence-electron chi connectivity index (χ1n) is 9.21. The van der Waals surface area contributed by atoms with E-state index in [1.54, 1.807) is 10.9 Å². The summed E-state index contributed by atoms with van der Waals surface area (Å²) in [6.07, 6.45) is 7.58. The third-order valence-electron chi connectivity index (χ3n) is 5.07. The summed E-state index contributed by atoms with van der Waals surface area (Å²) in [5, 5.41) is 14.9. The maximum atomic E-state index is 12.8. The lowest BCUT2D eigenvalue weighted by atomic mass is 9.90. The molecule has 7 nitrogen and oxygen atoms in total. The van der Waals surface area contributed by atoms with Gasteiger partial charge in [0.05, 0.1) is 18.7 Å². The molecule has 3 aromatic rings. The lowest BCUT2D eigenvalue weighted by Gasteiger charge is -2.17. The van der Waals surface area contributed by atoms with Gasteiger partial charge in [-0.25, -0.2) is 0 Å². The number of amides is 1. The van der Waals surface area contributed by atoms with Gasteiger partial charge >= 0.3 is 0 Å². The summed E-state index contributed by atoms with van der Waals surface area (Å²) >= 11 is 0. The number of carbonyl (C=O) groups is 1. The van der Waals surface area contributed by atoms with Crippen molar-refractivity contribution in [3.8, 4) is 0 Å². The van der Waals surface area contributed by atoms with Crippen LogP contribution in [0.5, 0.6) is 0 Å². The van der Waals surface area contributed by atoms with Gasteiger partial charge in [0.15, 0.2) is 0 Å². The van der Waals surface area contributed by atoms with Gasteiger partial charge in [0.1, 0.15) is 0 Å². The Morgan fingerprint density at radius 1 is 1.26 bits per heavy atom. The largest absolute Gasteiger partial charge is 0.352 e. The fourth-order valence-corrected chi connectivity index (χ4v) is 3.68. The number of aromatic nitrogens is 4. The van der Waals surface area contributed by atoms with E-state index in [-0.39, 0.29) is 17.7 Å². The molecular formula is C20H24N6O. The van der Waals surface area contributed by atoms with Crippen LogP contribution in [0.25, 0.3) is 0 Å². The molecule has 2 N–H and O–H groups in total. The first-order valence-corrected chi connectivity index (χ1v) is 9.21. The van der Waals surface area contributed by atoms with Crippen molar-refractivity contribution in [3.05, 3.63) is 71.8 Å². The normalized spacial score (nSPS) is 19.3. The highest BCUT2D eigenvalue weighted by Crippen LogP contribution is 2.27. The van der Waals surface area contributed by atoms with E-state index in [1.807, 2.05) is 48.5 Å². The molecule has 1 fully saturated rings. The summed E-state index contributed by atoms with van der Waals surface area (Å²) in [4.78, 5) is 12.8. The van der Waals surface area contributed by atoms with Gasteiger partial charge in [-0.3, -0.25) is 14.2 Å². The van der Waals surface area contributed by atoms with Crippen LogP contribution in [0.1, 0.15) is 22.6 Å². The third-order valence-corrected chi connectivity index (χ3v) is 5.07. The lowest BCUT2D eigenvalue weighted by molar-refractivity contribution is -0.125. The molecule has 0 saturated carbocycles. The van der Waals surface area contributed by atoms with Crippen LogP contribution in [0.2, 0.25) is 0 Å². The van der Waals surface area contributed by atoms with Crippen LogP contribution < -0.4 is 10.6 Å². The molecule has 0 radical (unpaired) electrons. The van der Waals surface area contributed by atoms with Gasteiger partial charge < -0.3 is 10.6 Å². The fourth-order valence-electron chi connectivity index (χ4n) is 3.68. The summed E-state index contributed by atoms with van der Waals surface area (Å²) in [6, 6.07) is 10.2. The summed E-state index contributed by atoms with van der Waals surface area (Å²) in [5.74, 6) is 0.192. The first-order chi connectivity index (χ1) is 13.2. The highest BCUT2D eigenvalue weighted by Gasteiger charge is 2.34. The Morgan fingerprint density at radius 2 is 2.15 bits per heavy atom. The fraction of sp³-hybridized carbons (Fsp3) is 0.350.